The summed E-state index contributed by atoms with van der Waals surface area (Å²) < 4.78 is 7.65. The van der Waals surface area contributed by atoms with E-state index < -0.39 is 0 Å². The number of amides is 1. The normalized spacial score (nSPS) is 10.9. The van der Waals surface area contributed by atoms with Crippen LogP contribution in [0.1, 0.15) is 45.6 Å². The second kappa shape index (κ2) is 16.9. The number of thiocarbonyl (C=S) groups is 1. The zero-order chi connectivity index (χ0) is 39.2. The molecule has 2 aliphatic rings. The van der Waals surface area contributed by atoms with Gasteiger partial charge in [-0.25, -0.2) is 0 Å². The minimum Gasteiger partial charge on any atom is -0.508 e. The van der Waals surface area contributed by atoms with Crippen LogP contribution in [-0.2, 0) is 27.2 Å². The zero-order valence-electron chi connectivity index (χ0n) is 30.0. The van der Waals surface area contributed by atoms with Crippen molar-refractivity contribution in [3.05, 3.63) is 146 Å². The van der Waals surface area contributed by atoms with Crippen molar-refractivity contribution < 1.29 is 28.7 Å². The van der Waals surface area contributed by atoms with Crippen LogP contribution < -0.4 is 10.7 Å². The number of aryl methyl sites for hydroxylation is 1. The molecule has 0 atom stereocenters. The van der Waals surface area contributed by atoms with Gasteiger partial charge in [0, 0.05) is 63.3 Å². The molecule has 0 spiro atoms. The smallest absolute Gasteiger partial charge is 0.373 e. The lowest BCUT2D eigenvalue weighted by Crippen LogP contribution is -2.26. The summed E-state index contributed by atoms with van der Waals surface area (Å²) in [5.74, 6) is 0.260. The fourth-order valence-electron chi connectivity index (χ4n) is 6.82. The van der Waals surface area contributed by atoms with Crippen molar-refractivity contribution in [1.82, 2.24) is 9.88 Å². The van der Waals surface area contributed by atoms with E-state index in [1.165, 1.54) is 12.1 Å². The topological polar surface area (TPSA) is 136 Å². The summed E-state index contributed by atoms with van der Waals surface area (Å²) in [6, 6.07) is 30.7. The van der Waals surface area contributed by atoms with Crippen LogP contribution in [0.15, 0.2) is 112 Å². The highest BCUT2D eigenvalue weighted by Crippen LogP contribution is 2.40. The molecule has 0 radical (unpaired) electrons. The van der Waals surface area contributed by atoms with Gasteiger partial charge in [-0.3, -0.25) is 19.0 Å². The van der Waals surface area contributed by atoms with Crippen molar-refractivity contribution in [1.29, 1.82) is 0 Å². The van der Waals surface area contributed by atoms with Crippen molar-refractivity contribution in [2.45, 2.75) is 39.5 Å². The van der Waals surface area contributed by atoms with Crippen molar-refractivity contribution in [2.75, 3.05) is 6.54 Å². The number of aromatic hydroxyl groups is 1. The molecule has 0 saturated carbocycles. The minimum absolute atomic E-state index is 0.0839. The molecule has 1 aromatic heterocycles. The Hall–Kier alpha value is -6.19. The van der Waals surface area contributed by atoms with Gasteiger partial charge < -0.3 is 14.8 Å². The number of halogens is 1. The van der Waals surface area contributed by atoms with E-state index in [0.717, 1.165) is 60.2 Å². The van der Waals surface area contributed by atoms with Gasteiger partial charge in [0.1, 0.15) is 17.1 Å². The molecule has 0 saturated heterocycles. The standard InChI is InChI=1S/C43H35ClN2O5S.CO2/c1-25-5-18-38-37(20-25)36(26(2)46(38)43(50)29-10-12-30(44)13-11-29)24-41(49)45-19-3-4-33(52)21-27-6-8-28(9-7-27)42-34-16-14-31(47)22-39(34)51-40-23-32(48)15-17-35(40)42;2-1-3/h5-18,20,22-23,47H,3-4,19,21,24H2,1-2H3,(H,45,49);. The Bertz CT molecular complexity index is 2640. The van der Waals surface area contributed by atoms with Crippen molar-refractivity contribution >= 4 is 68.5 Å². The van der Waals surface area contributed by atoms with Gasteiger partial charge in [0.05, 0.1) is 11.9 Å². The number of hydrogen-bond donors (Lipinski definition) is 2. The molecule has 55 heavy (non-hydrogen) atoms. The summed E-state index contributed by atoms with van der Waals surface area (Å²) in [7, 11) is 0. The molecule has 9 nitrogen and oxygen atoms in total. The van der Waals surface area contributed by atoms with Crippen molar-refractivity contribution in [3.8, 4) is 28.2 Å². The van der Waals surface area contributed by atoms with Gasteiger partial charge in [0.15, 0.2) is 5.43 Å². The molecule has 0 fully saturated rings. The quantitative estimate of drug-likeness (QED) is 0.0802. The highest BCUT2D eigenvalue weighted by Gasteiger charge is 2.22. The van der Waals surface area contributed by atoms with Crippen LogP contribution in [0.5, 0.6) is 5.75 Å². The van der Waals surface area contributed by atoms with Gasteiger partial charge in [0.2, 0.25) is 5.91 Å². The van der Waals surface area contributed by atoms with Crippen LogP contribution in [0.4, 0.5) is 0 Å². The second-order valence-corrected chi connectivity index (χ2v) is 14.2. The Balaban J connectivity index is 0.00000166. The van der Waals surface area contributed by atoms with Crippen LogP contribution in [0.3, 0.4) is 0 Å². The molecule has 2 heterocycles. The highest BCUT2D eigenvalue weighted by atomic mass is 35.5. The Morgan fingerprint density at radius 3 is 2.33 bits per heavy atom. The van der Waals surface area contributed by atoms with Crippen LogP contribution in [0.25, 0.3) is 44.3 Å². The Kier molecular flexibility index (Phi) is 11.8. The lowest BCUT2D eigenvalue weighted by Gasteiger charge is -2.15. The van der Waals surface area contributed by atoms with Gasteiger partial charge in [-0.2, -0.15) is 9.59 Å². The maximum absolute atomic E-state index is 13.6. The summed E-state index contributed by atoms with van der Waals surface area (Å²) in [6.45, 7) is 4.36. The Morgan fingerprint density at radius 1 is 0.873 bits per heavy atom. The molecule has 1 aliphatic heterocycles. The molecule has 5 aromatic rings. The molecule has 0 unspecified atom stereocenters. The SMILES string of the molecule is Cc1ccc2c(c1)c(CC(=O)NCCCC(=S)Cc1ccc(-c3c4ccc(=O)cc-4oc4cc(O)ccc34)cc1)c(C)n2C(=O)c1ccc(Cl)cc1.O=C=O. The Labute approximate surface area is 326 Å². The number of fused-ring (bicyclic) bond motifs is 3. The van der Waals surface area contributed by atoms with E-state index in [2.05, 4.69) is 5.32 Å². The van der Waals surface area contributed by atoms with Gasteiger partial charge in [-0.15, -0.1) is 0 Å². The molecule has 0 bridgehead atoms. The lowest BCUT2D eigenvalue weighted by atomic mass is 9.92. The largest absolute Gasteiger partial charge is 0.508 e. The highest BCUT2D eigenvalue weighted by molar-refractivity contribution is 7.80. The molecule has 2 N–H and O–H groups in total. The molecule has 276 valence electrons. The number of carbonyl (C=O) groups is 2. The fourth-order valence-corrected chi connectivity index (χ4v) is 7.25. The number of aromatic nitrogens is 1. The average Bonchev–Trinajstić information content (AvgIpc) is 3.42. The third-order valence-corrected chi connectivity index (χ3v) is 10.00. The first-order valence-corrected chi connectivity index (χ1v) is 18.2. The number of benzene rings is 5. The molecule has 11 heteroatoms. The van der Waals surface area contributed by atoms with Gasteiger partial charge in [-0.05, 0) is 109 Å². The summed E-state index contributed by atoms with van der Waals surface area (Å²) >= 11 is 11.8. The van der Waals surface area contributed by atoms with Gasteiger partial charge >= 0.3 is 6.15 Å². The maximum Gasteiger partial charge on any atom is 0.373 e. The first-order valence-electron chi connectivity index (χ1n) is 17.4. The van der Waals surface area contributed by atoms with E-state index in [-0.39, 0.29) is 35.6 Å². The number of phenols is 1. The van der Waals surface area contributed by atoms with Crippen LogP contribution >= 0.6 is 23.8 Å². The summed E-state index contributed by atoms with van der Waals surface area (Å²) in [6.07, 6.45) is 2.42. The van der Waals surface area contributed by atoms with E-state index in [1.807, 2.05) is 62.4 Å². The van der Waals surface area contributed by atoms with Crippen LogP contribution in [-0.4, -0.2) is 39.0 Å². The molecule has 4 aromatic carbocycles. The van der Waals surface area contributed by atoms with E-state index >= 15 is 0 Å². The second-order valence-electron chi connectivity index (χ2n) is 13.2. The number of phenolic OH excluding ortho intramolecular Hbond substituents is 1. The molecule has 1 amide bonds. The first-order chi connectivity index (χ1) is 26.5. The average molecular weight is 771 g/mol. The van der Waals surface area contributed by atoms with Crippen molar-refractivity contribution in [2.24, 2.45) is 0 Å². The van der Waals surface area contributed by atoms with Gasteiger partial charge in [-0.1, -0.05) is 59.7 Å². The van der Waals surface area contributed by atoms with Gasteiger partial charge in [0.25, 0.3) is 5.91 Å². The van der Waals surface area contributed by atoms with E-state index in [9.17, 15) is 19.5 Å². The first kappa shape index (κ1) is 38.5. The molecule has 7 rings (SSSR count). The maximum atomic E-state index is 13.6. The monoisotopic (exact) mass is 770 g/mol. The zero-order valence-corrected chi connectivity index (χ0v) is 31.6. The summed E-state index contributed by atoms with van der Waals surface area (Å²) in [5, 5.41) is 15.4. The number of nitrogens with one attached hydrogen (secondary N) is 1. The van der Waals surface area contributed by atoms with E-state index in [4.69, 9.17) is 37.8 Å². The fraction of sp³-hybridized carbons (Fsp3) is 0.159. The lowest BCUT2D eigenvalue weighted by molar-refractivity contribution is -0.191. The molecular weight excluding hydrogens is 736 g/mol. The third-order valence-electron chi connectivity index (χ3n) is 9.40. The number of rotatable bonds is 10. The molecule has 1 aliphatic carbocycles. The molecular formula is C44H35ClN2O7S. The number of carbonyl (C=O) groups excluding carboxylic acids is 4. The van der Waals surface area contributed by atoms with Crippen LogP contribution in [0.2, 0.25) is 5.02 Å². The minimum atomic E-state index is -0.170. The predicted octanol–water partition coefficient (Wildman–Crippen LogP) is 8.65. The predicted molar refractivity (Wildman–Crippen MR) is 216 cm³/mol. The van der Waals surface area contributed by atoms with Crippen LogP contribution in [0, 0.1) is 13.8 Å². The number of nitrogens with zero attached hydrogens (tertiary/aromatic N) is 1. The van der Waals surface area contributed by atoms with E-state index in [0.29, 0.717) is 47.7 Å². The van der Waals surface area contributed by atoms with Crippen molar-refractivity contribution in [3.63, 3.8) is 0 Å². The number of hydrogen-bond acceptors (Lipinski definition) is 8. The summed E-state index contributed by atoms with van der Waals surface area (Å²) in [5.41, 5.74) is 8.00. The Morgan fingerprint density at radius 2 is 1.60 bits per heavy atom. The van der Waals surface area contributed by atoms with E-state index in [1.54, 1.807) is 47.0 Å². The third kappa shape index (κ3) is 8.63. The summed E-state index contributed by atoms with van der Waals surface area (Å²) in [4.78, 5) is 55.9.